The Balaban J connectivity index is 2.03. The number of aryl methyl sites for hydroxylation is 3. The molecule has 2 aromatic rings. The van der Waals surface area contributed by atoms with Crippen LogP contribution in [0.1, 0.15) is 28.1 Å². The molecule has 0 atom stereocenters. The van der Waals surface area contributed by atoms with Crippen molar-refractivity contribution in [1.82, 2.24) is 4.98 Å². The summed E-state index contributed by atoms with van der Waals surface area (Å²) in [6.45, 7) is 2.63. The average Bonchev–Trinajstić information content (AvgIpc) is 2.93. The fourth-order valence-corrected chi connectivity index (χ4v) is 3.38. The van der Waals surface area contributed by atoms with E-state index in [9.17, 15) is 0 Å². The molecule has 2 N–H and O–H groups in total. The van der Waals surface area contributed by atoms with Crippen molar-refractivity contribution in [2.75, 3.05) is 0 Å². The molecule has 0 bridgehead atoms. The largest absolute Gasteiger partial charge is 0.326 e. The van der Waals surface area contributed by atoms with Gasteiger partial charge in [0.1, 0.15) is 5.01 Å². The van der Waals surface area contributed by atoms with Crippen molar-refractivity contribution in [2.24, 2.45) is 5.73 Å². The molecule has 0 spiro atoms. The third-order valence-corrected chi connectivity index (χ3v) is 4.65. The second kappa shape index (κ2) is 4.24. The average molecular weight is 244 g/mol. The Morgan fingerprint density at radius 2 is 2.12 bits per heavy atom. The summed E-state index contributed by atoms with van der Waals surface area (Å²) in [5, 5.41) is 1.11. The molecule has 0 saturated heterocycles. The predicted octanol–water partition coefficient (Wildman–Crippen LogP) is 3.07. The molecule has 0 fully saturated rings. The maximum atomic E-state index is 5.70. The standard InChI is InChI=1S/C14H16N2S/c1-9-13(8-15)17-14(16-9)12-6-5-10-3-2-4-11(10)7-12/h5-7H,2-4,8,15H2,1H3. The minimum atomic E-state index is 0.592. The van der Waals surface area contributed by atoms with Crippen LogP contribution in [0.15, 0.2) is 18.2 Å². The molecular weight excluding hydrogens is 228 g/mol. The van der Waals surface area contributed by atoms with Gasteiger partial charge >= 0.3 is 0 Å². The molecule has 1 heterocycles. The van der Waals surface area contributed by atoms with Crippen LogP contribution in [0.5, 0.6) is 0 Å². The molecule has 0 unspecified atom stereocenters. The second-order valence-electron chi connectivity index (χ2n) is 4.57. The zero-order valence-corrected chi connectivity index (χ0v) is 10.8. The number of nitrogens with zero attached hydrogens (tertiary/aromatic N) is 1. The monoisotopic (exact) mass is 244 g/mol. The molecule has 1 aliphatic carbocycles. The number of rotatable bonds is 2. The lowest BCUT2D eigenvalue weighted by atomic mass is 10.1. The van der Waals surface area contributed by atoms with Crippen LogP contribution in [-0.2, 0) is 19.4 Å². The Labute approximate surface area is 106 Å². The number of hydrogen-bond donors (Lipinski definition) is 1. The molecule has 88 valence electrons. The van der Waals surface area contributed by atoms with E-state index in [1.165, 1.54) is 40.8 Å². The minimum absolute atomic E-state index is 0.592. The quantitative estimate of drug-likeness (QED) is 0.881. The van der Waals surface area contributed by atoms with Crippen molar-refractivity contribution < 1.29 is 0 Å². The van der Waals surface area contributed by atoms with Gasteiger partial charge in [0.05, 0.1) is 5.69 Å². The van der Waals surface area contributed by atoms with Crippen molar-refractivity contribution in [3.8, 4) is 10.6 Å². The lowest BCUT2D eigenvalue weighted by Crippen LogP contribution is -1.94. The van der Waals surface area contributed by atoms with Crippen molar-refractivity contribution in [3.63, 3.8) is 0 Å². The molecule has 1 aromatic carbocycles. The van der Waals surface area contributed by atoms with Crippen molar-refractivity contribution in [3.05, 3.63) is 39.9 Å². The van der Waals surface area contributed by atoms with Gasteiger partial charge < -0.3 is 5.73 Å². The van der Waals surface area contributed by atoms with E-state index in [1.54, 1.807) is 11.3 Å². The normalized spacial score (nSPS) is 14.0. The lowest BCUT2D eigenvalue weighted by Gasteiger charge is -2.01. The Hall–Kier alpha value is -1.19. The zero-order valence-electron chi connectivity index (χ0n) is 9.99. The highest BCUT2D eigenvalue weighted by molar-refractivity contribution is 7.15. The van der Waals surface area contributed by atoms with Crippen LogP contribution in [0.3, 0.4) is 0 Å². The van der Waals surface area contributed by atoms with Gasteiger partial charge in [-0.1, -0.05) is 12.1 Å². The summed E-state index contributed by atoms with van der Waals surface area (Å²) in [5.74, 6) is 0. The fraction of sp³-hybridized carbons (Fsp3) is 0.357. The number of hydrogen-bond acceptors (Lipinski definition) is 3. The maximum Gasteiger partial charge on any atom is 0.123 e. The molecule has 17 heavy (non-hydrogen) atoms. The zero-order chi connectivity index (χ0) is 11.8. The number of aromatic nitrogens is 1. The molecule has 3 rings (SSSR count). The highest BCUT2D eigenvalue weighted by Crippen LogP contribution is 2.31. The number of thiazole rings is 1. The first-order valence-corrected chi connectivity index (χ1v) is 6.88. The van der Waals surface area contributed by atoms with Gasteiger partial charge in [-0.3, -0.25) is 0 Å². The topological polar surface area (TPSA) is 38.9 Å². The Morgan fingerprint density at radius 1 is 1.29 bits per heavy atom. The number of fused-ring (bicyclic) bond motifs is 1. The third kappa shape index (κ3) is 1.90. The van der Waals surface area contributed by atoms with Crippen LogP contribution < -0.4 is 5.73 Å². The molecule has 0 amide bonds. The Kier molecular flexibility index (Phi) is 2.73. The molecule has 0 saturated carbocycles. The lowest BCUT2D eigenvalue weighted by molar-refractivity contribution is 0.912. The van der Waals surface area contributed by atoms with Gasteiger partial charge in [0.25, 0.3) is 0 Å². The van der Waals surface area contributed by atoms with E-state index in [4.69, 9.17) is 5.73 Å². The first-order chi connectivity index (χ1) is 8.28. The van der Waals surface area contributed by atoms with E-state index in [0.717, 1.165) is 10.7 Å². The highest BCUT2D eigenvalue weighted by Gasteiger charge is 2.13. The summed E-state index contributed by atoms with van der Waals surface area (Å²) < 4.78 is 0. The van der Waals surface area contributed by atoms with Crippen LogP contribution in [0.4, 0.5) is 0 Å². The van der Waals surface area contributed by atoms with Crippen LogP contribution in [0.2, 0.25) is 0 Å². The first kappa shape index (κ1) is 10.9. The summed E-state index contributed by atoms with van der Waals surface area (Å²) in [6.07, 6.45) is 3.75. The number of benzene rings is 1. The van der Waals surface area contributed by atoms with Gasteiger partial charge in [0, 0.05) is 17.0 Å². The minimum Gasteiger partial charge on any atom is -0.326 e. The van der Waals surface area contributed by atoms with Crippen LogP contribution in [0, 0.1) is 6.92 Å². The number of nitrogens with two attached hydrogens (primary N) is 1. The molecule has 2 nitrogen and oxygen atoms in total. The third-order valence-electron chi connectivity index (χ3n) is 3.42. The Morgan fingerprint density at radius 3 is 2.88 bits per heavy atom. The van der Waals surface area contributed by atoms with Gasteiger partial charge in [0.2, 0.25) is 0 Å². The van der Waals surface area contributed by atoms with Gasteiger partial charge in [-0.2, -0.15) is 0 Å². The first-order valence-electron chi connectivity index (χ1n) is 6.06. The summed E-state index contributed by atoms with van der Waals surface area (Å²) in [4.78, 5) is 5.81. The van der Waals surface area contributed by atoms with E-state index < -0.39 is 0 Å². The maximum absolute atomic E-state index is 5.70. The van der Waals surface area contributed by atoms with Crippen LogP contribution in [-0.4, -0.2) is 4.98 Å². The van der Waals surface area contributed by atoms with Gasteiger partial charge in [-0.05, 0) is 43.4 Å². The smallest absolute Gasteiger partial charge is 0.123 e. The van der Waals surface area contributed by atoms with Crippen molar-refractivity contribution in [1.29, 1.82) is 0 Å². The van der Waals surface area contributed by atoms with E-state index in [2.05, 4.69) is 23.2 Å². The summed E-state index contributed by atoms with van der Waals surface area (Å²) in [6, 6.07) is 6.76. The van der Waals surface area contributed by atoms with Crippen LogP contribution >= 0.6 is 11.3 Å². The molecule has 1 aromatic heterocycles. The molecule has 0 aliphatic heterocycles. The second-order valence-corrected chi connectivity index (χ2v) is 5.65. The molecule has 3 heteroatoms. The van der Waals surface area contributed by atoms with Crippen molar-refractivity contribution in [2.45, 2.75) is 32.7 Å². The molecular formula is C14H16N2S. The van der Waals surface area contributed by atoms with E-state index in [0.29, 0.717) is 6.54 Å². The van der Waals surface area contributed by atoms with Gasteiger partial charge in [0.15, 0.2) is 0 Å². The van der Waals surface area contributed by atoms with E-state index >= 15 is 0 Å². The molecule has 1 aliphatic rings. The van der Waals surface area contributed by atoms with Gasteiger partial charge in [-0.15, -0.1) is 11.3 Å². The fourth-order valence-electron chi connectivity index (χ4n) is 2.45. The Bertz CT molecular complexity index is 557. The molecule has 0 radical (unpaired) electrons. The summed E-state index contributed by atoms with van der Waals surface area (Å²) in [5.41, 5.74) is 11.0. The van der Waals surface area contributed by atoms with E-state index in [1.807, 2.05) is 6.92 Å². The SMILES string of the molecule is Cc1nc(-c2ccc3c(c2)CCC3)sc1CN. The van der Waals surface area contributed by atoms with Crippen LogP contribution in [0.25, 0.3) is 10.6 Å². The summed E-state index contributed by atoms with van der Waals surface area (Å²) in [7, 11) is 0. The summed E-state index contributed by atoms with van der Waals surface area (Å²) >= 11 is 1.72. The van der Waals surface area contributed by atoms with Crippen molar-refractivity contribution >= 4 is 11.3 Å². The van der Waals surface area contributed by atoms with Gasteiger partial charge in [-0.25, -0.2) is 4.98 Å². The highest BCUT2D eigenvalue weighted by atomic mass is 32.1. The van der Waals surface area contributed by atoms with E-state index in [-0.39, 0.29) is 0 Å². The predicted molar refractivity (Wildman–Crippen MR) is 72.2 cm³/mol.